The van der Waals surface area contributed by atoms with Crippen molar-refractivity contribution in [1.29, 1.82) is 0 Å². The molecule has 22 heavy (non-hydrogen) atoms. The molecule has 3 rings (SSSR count). The molecule has 4 nitrogen and oxygen atoms in total. The van der Waals surface area contributed by atoms with E-state index in [9.17, 15) is 9.59 Å². The van der Waals surface area contributed by atoms with E-state index in [1.807, 2.05) is 4.90 Å². The summed E-state index contributed by atoms with van der Waals surface area (Å²) in [4.78, 5) is 27.1. The topological polar surface area (TPSA) is 49.4 Å². The van der Waals surface area contributed by atoms with Crippen LogP contribution in [0.1, 0.15) is 77.6 Å². The molecule has 1 N–H and O–H groups in total. The fourth-order valence-corrected chi connectivity index (χ4v) is 4.56. The van der Waals surface area contributed by atoms with Gasteiger partial charge >= 0.3 is 0 Å². The predicted octanol–water partition coefficient (Wildman–Crippen LogP) is 3.01. The summed E-state index contributed by atoms with van der Waals surface area (Å²) in [5, 5.41) is 3.24. The zero-order chi connectivity index (χ0) is 15.5. The van der Waals surface area contributed by atoms with Crippen molar-refractivity contribution in [2.45, 2.75) is 95.7 Å². The molecular weight excluding hydrogens is 276 g/mol. The van der Waals surface area contributed by atoms with Gasteiger partial charge in [-0.2, -0.15) is 0 Å². The molecule has 0 radical (unpaired) electrons. The Bertz CT molecular complexity index is 417. The number of hydrogen-bond acceptors (Lipinski definition) is 2. The summed E-state index contributed by atoms with van der Waals surface area (Å²) in [7, 11) is 0. The van der Waals surface area contributed by atoms with E-state index in [-0.39, 0.29) is 23.8 Å². The van der Waals surface area contributed by atoms with Gasteiger partial charge in [0, 0.05) is 12.1 Å². The molecule has 2 amide bonds. The van der Waals surface area contributed by atoms with Gasteiger partial charge in [0.15, 0.2) is 0 Å². The molecule has 1 saturated heterocycles. The molecule has 1 aliphatic heterocycles. The van der Waals surface area contributed by atoms with Gasteiger partial charge in [-0.15, -0.1) is 0 Å². The van der Waals surface area contributed by atoms with Crippen molar-refractivity contribution in [3.05, 3.63) is 0 Å². The minimum atomic E-state index is -0.214. The molecule has 0 bridgehead atoms. The summed E-state index contributed by atoms with van der Waals surface area (Å²) < 4.78 is 0. The number of nitrogens with one attached hydrogen (secondary N) is 1. The third-order valence-electron chi connectivity index (χ3n) is 5.83. The van der Waals surface area contributed by atoms with Gasteiger partial charge in [0.05, 0.1) is 5.92 Å². The second-order valence-electron chi connectivity index (χ2n) is 7.35. The largest absolute Gasteiger partial charge is 0.352 e. The zero-order valence-corrected chi connectivity index (χ0v) is 13.9. The second-order valence-corrected chi connectivity index (χ2v) is 7.35. The van der Waals surface area contributed by atoms with E-state index >= 15 is 0 Å². The van der Waals surface area contributed by atoms with Crippen LogP contribution in [0.3, 0.4) is 0 Å². The first-order chi connectivity index (χ1) is 10.7. The van der Waals surface area contributed by atoms with E-state index in [0.717, 1.165) is 51.4 Å². The van der Waals surface area contributed by atoms with Crippen LogP contribution in [0.2, 0.25) is 0 Å². The number of nitrogens with zero attached hydrogens (tertiary/aromatic N) is 1. The molecular formula is C18H30N2O2. The summed E-state index contributed by atoms with van der Waals surface area (Å²) in [5.74, 6) is 0.577. The highest BCUT2D eigenvalue weighted by Crippen LogP contribution is 2.42. The molecule has 124 valence electrons. The molecule has 3 fully saturated rings. The lowest BCUT2D eigenvalue weighted by molar-refractivity contribution is -0.162. The Morgan fingerprint density at radius 1 is 1.18 bits per heavy atom. The first-order valence-corrected chi connectivity index (χ1v) is 9.35. The number of carbonyl (C=O) groups is 2. The molecule has 3 aliphatic rings. The maximum absolute atomic E-state index is 12.8. The van der Waals surface area contributed by atoms with E-state index < -0.39 is 0 Å². The van der Waals surface area contributed by atoms with E-state index in [1.165, 1.54) is 19.3 Å². The molecule has 0 spiro atoms. The van der Waals surface area contributed by atoms with Crippen LogP contribution in [0, 0.1) is 5.92 Å². The average Bonchev–Trinajstić information content (AvgIpc) is 2.96. The average molecular weight is 306 g/mol. The van der Waals surface area contributed by atoms with E-state index in [2.05, 4.69) is 12.2 Å². The number of rotatable bonds is 6. The smallest absolute Gasteiger partial charge is 0.243 e. The van der Waals surface area contributed by atoms with Crippen LogP contribution in [0.15, 0.2) is 0 Å². The third-order valence-corrected chi connectivity index (χ3v) is 5.83. The number of β-lactam (4-membered cyclic amide) rings is 1. The first-order valence-electron chi connectivity index (χ1n) is 9.35. The highest BCUT2D eigenvalue weighted by atomic mass is 16.2. The number of fused-ring (bicyclic) bond motifs is 1. The third kappa shape index (κ3) is 3.02. The lowest BCUT2D eigenvalue weighted by Gasteiger charge is -2.48. The fraction of sp³-hybridized carbons (Fsp3) is 0.889. The minimum absolute atomic E-state index is 0.110. The minimum Gasteiger partial charge on any atom is -0.352 e. The lowest BCUT2D eigenvalue weighted by atomic mass is 9.87. The molecule has 0 aromatic rings. The van der Waals surface area contributed by atoms with Crippen LogP contribution >= 0.6 is 0 Å². The Hall–Kier alpha value is -1.06. The van der Waals surface area contributed by atoms with Crippen LogP contribution < -0.4 is 5.32 Å². The zero-order valence-electron chi connectivity index (χ0n) is 13.9. The fourth-order valence-electron chi connectivity index (χ4n) is 4.56. The summed E-state index contributed by atoms with van der Waals surface area (Å²) in [5.41, 5.74) is 0. The van der Waals surface area contributed by atoms with Gasteiger partial charge in [0.25, 0.3) is 0 Å². The van der Waals surface area contributed by atoms with Gasteiger partial charge in [-0.1, -0.05) is 45.4 Å². The molecule has 0 aromatic carbocycles. The molecule has 2 aliphatic carbocycles. The van der Waals surface area contributed by atoms with Crippen molar-refractivity contribution in [2.24, 2.45) is 5.92 Å². The number of unbranched alkanes of at least 4 members (excludes halogenated alkanes) is 1. The number of hydrogen-bond donors (Lipinski definition) is 1. The van der Waals surface area contributed by atoms with Crippen LogP contribution in [-0.4, -0.2) is 34.8 Å². The van der Waals surface area contributed by atoms with Crippen molar-refractivity contribution >= 4 is 11.8 Å². The molecule has 1 unspecified atom stereocenters. The van der Waals surface area contributed by atoms with Crippen LogP contribution in [0.4, 0.5) is 0 Å². The number of carbonyl (C=O) groups excluding carboxylic acids is 2. The van der Waals surface area contributed by atoms with Crippen LogP contribution in [-0.2, 0) is 9.59 Å². The van der Waals surface area contributed by atoms with Crippen molar-refractivity contribution in [3.63, 3.8) is 0 Å². The molecule has 1 heterocycles. The van der Waals surface area contributed by atoms with Gasteiger partial charge in [0.2, 0.25) is 11.8 Å². The Balaban J connectivity index is 1.63. The molecule has 2 saturated carbocycles. The van der Waals surface area contributed by atoms with Gasteiger partial charge < -0.3 is 10.2 Å². The van der Waals surface area contributed by atoms with Gasteiger partial charge in [-0.3, -0.25) is 9.59 Å². The van der Waals surface area contributed by atoms with Gasteiger partial charge in [0.1, 0.15) is 6.04 Å². The van der Waals surface area contributed by atoms with Crippen molar-refractivity contribution in [2.75, 3.05) is 0 Å². The molecule has 3 atom stereocenters. The summed E-state index contributed by atoms with van der Waals surface area (Å²) in [6, 6.07) is 0.473. The molecule has 0 aromatic heterocycles. The standard InChI is InChI=1S/C18H30N2O2/c1-2-3-11-16(17(21)19-13-8-5-4-6-9-13)20-15-12-7-10-14(15)18(20)22/h13-16H,2-12H2,1H3,(H,19,21)/t14-,15+,16?/m1/s1. The Morgan fingerprint density at radius 3 is 2.68 bits per heavy atom. The monoisotopic (exact) mass is 306 g/mol. The van der Waals surface area contributed by atoms with E-state index in [1.54, 1.807) is 0 Å². The lowest BCUT2D eigenvalue weighted by Crippen LogP contribution is -2.65. The highest BCUT2D eigenvalue weighted by molar-refractivity contribution is 5.93. The number of likely N-dealkylation sites (tertiary alicyclic amines) is 1. The number of amides is 2. The van der Waals surface area contributed by atoms with E-state index in [0.29, 0.717) is 12.1 Å². The Kier molecular flexibility index (Phi) is 5.04. The summed E-state index contributed by atoms with van der Waals surface area (Å²) >= 11 is 0. The van der Waals surface area contributed by atoms with Crippen LogP contribution in [0.25, 0.3) is 0 Å². The second kappa shape index (κ2) is 7.01. The first kappa shape index (κ1) is 15.8. The Labute approximate surface area is 134 Å². The maximum Gasteiger partial charge on any atom is 0.243 e. The quantitative estimate of drug-likeness (QED) is 0.767. The highest BCUT2D eigenvalue weighted by Gasteiger charge is 2.53. The molecule has 4 heteroatoms. The van der Waals surface area contributed by atoms with Crippen molar-refractivity contribution in [3.8, 4) is 0 Å². The Morgan fingerprint density at radius 2 is 1.95 bits per heavy atom. The summed E-state index contributed by atoms with van der Waals surface area (Å²) in [6.07, 6.45) is 12.1. The SMILES string of the molecule is CCCCC(C(=O)NC1CCCCC1)N1C(=O)[C@@H]2CCC[C@@H]21. The van der Waals surface area contributed by atoms with E-state index in [4.69, 9.17) is 0 Å². The normalized spacial score (nSPS) is 29.9. The maximum atomic E-state index is 12.8. The van der Waals surface area contributed by atoms with Gasteiger partial charge in [-0.05, 0) is 32.1 Å². The summed E-state index contributed by atoms with van der Waals surface area (Å²) in [6.45, 7) is 2.15. The van der Waals surface area contributed by atoms with Crippen molar-refractivity contribution in [1.82, 2.24) is 10.2 Å². The predicted molar refractivity (Wildman–Crippen MR) is 86.3 cm³/mol. The van der Waals surface area contributed by atoms with Crippen LogP contribution in [0.5, 0.6) is 0 Å². The van der Waals surface area contributed by atoms with Gasteiger partial charge in [-0.25, -0.2) is 0 Å². The van der Waals surface area contributed by atoms with Crippen molar-refractivity contribution < 1.29 is 9.59 Å².